The van der Waals surface area contributed by atoms with Crippen molar-refractivity contribution in [1.82, 2.24) is 24.8 Å². The van der Waals surface area contributed by atoms with E-state index in [1.165, 1.54) is 15.9 Å². The van der Waals surface area contributed by atoms with Crippen LogP contribution in [0.2, 0.25) is 0 Å². The summed E-state index contributed by atoms with van der Waals surface area (Å²) in [7, 11) is -2.38. The minimum absolute atomic E-state index is 0.00316. The first-order valence-corrected chi connectivity index (χ1v) is 23.5. The zero-order valence-corrected chi connectivity index (χ0v) is 37.1. The van der Waals surface area contributed by atoms with E-state index in [1.54, 1.807) is 19.2 Å². The predicted octanol–water partition coefficient (Wildman–Crippen LogP) is 5.22. The number of hydrogen-bond acceptors (Lipinski definition) is 10. The van der Waals surface area contributed by atoms with Gasteiger partial charge in [-0.1, -0.05) is 70.0 Å². The average Bonchev–Trinajstić information content (AvgIpc) is 4.16. The van der Waals surface area contributed by atoms with Crippen LogP contribution in [-0.2, 0) is 34.0 Å². The molecule has 4 amide bonds. The van der Waals surface area contributed by atoms with Crippen molar-refractivity contribution in [3.8, 4) is 22.8 Å². The van der Waals surface area contributed by atoms with E-state index < -0.39 is 85.8 Å². The van der Waals surface area contributed by atoms with Gasteiger partial charge in [0.05, 0.1) is 36.0 Å². The summed E-state index contributed by atoms with van der Waals surface area (Å²) in [5.74, 6) is -3.92. The SMILES string of the molecule is C=C[C@@H]1C[C@]1(NC(=O)[C@@H]1C[C@@H](Oc2cc(-c3ccccc3)nc3cc(OC)ccc23)CN1C(=O)[C@@H](CC(=O)N1C(C(=O)O)CC2CCCCC21)C(C)(C)C)C(=O)NS(=O)(=O)C1CC1. The average molecular weight is 884 g/mol. The lowest BCUT2D eigenvalue weighted by molar-refractivity contribution is -0.153. The molecular weight excluding hydrogens is 827 g/mol. The Labute approximate surface area is 368 Å². The van der Waals surface area contributed by atoms with Crippen LogP contribution in [0.1, 0.15) is 85.0 Å². The van der Waals surface area contributed by atoms with Crippen LogP contribution in [-0.4, -0.2) is 107 Å². The highest BCUT2D eigenvalue weighted by atomic mass is 32.2. The zero-order chi connectivity index (χ0) is 45.0. The maximum Gasteiger partial charge on any atom is 0.326 e. The molecule has 0 bridgehead atoms. The molecule has 0 radical (unpaired) electrons. The Morgan fingerprint density at radius 2 is 1.73 bits per heavy atom. The Morgan fingerprint density at radius 3 is 2.38 bits per heavy atom. The van der Waals surface area contributed by atoms with Gasteiger partial charge in [0.15, 0.2) is 0 Å². The molecule has 1 aromatic heterocycles. The van der Waals surface area contributed by atoms with Crippen molar-refractivity contribution in [1.29, 1.82) is 0 Å². The minimum atomic E-state index is -3.95. The van der Waals surface area contributed by atoms with E-state index >= 15 is 4.79 Å². The predicted molar refractivity (Wildman–Crippen MR) is 234 cm³/mol. The molecule has 63 heavy (non-hydrogen) atoms. The molecule has 16 heteroatoms. The largest absolute Gasteiger partial charge is 0.497 e. The highest BCUT2D eigenvalue weighted by Crippen LogP contribution is 2.46. The topological polar surface area (TPSA) is 202 Å². The quantitative estimate of drug-likeness (QED) is 0.179. The van der Waals surface area contributed by atoms with Gasteiger partial charge in [0.2, 0.25) is 27.7 Å². The van der Waals surface area contributed by atoms with Gasteiger partial charge in [-0.15, -0.1) is 6.58 Å². The summed E-state index contributed by atoms with van der Waals surface area (Å²) in [5, 5.41) is 13.1. The van der Waals surface area contributed by atoms with Crippen molar-refractivity contribution in [3.05, 3.63) is 67.3 Å². The molecule has 2 saturated heterocycles. The van der Waals surface area contributed by atoms with Gasteiger partial charge in [0, 0.05) is 47.9 Å². The number of aromatic nitrogens is 1. The van der Waals surface area contributed by atoms with Crippen LogP contribution in [0, 0.1) is 23.2 Å². The minimum Gasteiger partial charge on any atom is -0.497 e. The highest BCUT2D eigenvalue weighted by Gasteiger charge is 2.62. The molecule has 5 fully saturated rings. The summed E-state index contributed by atoms with van der Waals surface area (Å²) in [4.78, 5) is 78.4. The first kappa shape index (κ1) is 44.1. The van der Waals surface area contributed by atoms with Gasteiger partial charge in [0.1, 0.15) is 35.2 Å². The molecule has 15 nitrogen and oxygen atoms in total. The van der Waals surface area contributed by atoms with Crippen molar-refractivity contribution >= 4 is 50.5 Å². The Hall–Kier alpha value is -5.51. The van der Waals surface area contributed by atoms with Crippen LogP contribution < -0.4 is 19.5 Å². The number of carboxylic acids is 1. The number of hydrogen-bond donors (Lipinski definition) is 3. The van der Waals surface area contributed by atoms with E-state index in [-0.39, 0.29) is 37.8 Å². The Kier molecular flexibility index (Phi) is 11.8. The number of pyridine rings is 1. The summed E-state index contributed by atoms with van der Waals surface area (Å²) in [5.41, 5.74) is -0.362. The molecule has 336 valence electrons. The van der Waals surface area contributed by atoms with Gasteiger partial charge >= 0.3 is 5.97 Å². The molecule has 3 saturated carbocycles. The summed E-state index contributed by atoms with van der Waals surface area (Å²) in [6.07, 6.45) is 5.24. The fourth-order valence-corrected chi connectivity index (χ4v) is 11.4. The molecule has 3 N–H and O–H groups in total. The van der Waals surface area contributed by atoms with E-state index in [0.717, 1.165) is 24.8 Å². The number of fused-ring (bicyclic) bond motifs is 2. The monoisotopic (exact) mass is 883 g/mol. The third-order valence-electron chi connectivity index (χ3n) is 13.8. The van der Waals surface area contributed by atoms with Crippen LogP contribution in [0.3, 0.4) is 0 Å². The number of methoxy groups -OCH3 is 1. The molecule has 2 aromatic carbocycles. The number of aliphatic carboxylic acids is 1. The van der Waals surface area contributed by atoms with Gasteiger partial charge in [0.25, 0.3) is 5.91 Å². The lowest BCUT2D eigenvalue weighted by atomic mass is 9.77. The maximum absolute atomic E-state index is 15.2. The fourth-order valence-electron chi connectivity index (χ4n) is 10.0. The van der Waals surface area contributed by atoms with Gasteiger partial charge < -0.3 is 29.7 Å². The number of benzene rings is 2. The van der Waals surface area contributed by atoms with Crippen LogP contribution >= 0.6 is 0 Å². The number of rotatable bonds is 14. The molecule has 3 aliphatic carbocycles. The molecule has 3 unspecified atom stereocenters. The second kappa shape index (κ2) is 16.9. The van der Waals surface area contributed by atoms with E-state index in [0.29, 0.717) is 53.8 Å². The molecule has 8 atom stereocenters. The summed E-state index contributed by atoms with van der Waals surface area (Å²) < 4.78 is 40.2. The molecule has 0 spiro atoms. The third kappa shape index (κ3) is 8.75. The van der Waals surface area contributed by atoms with Crippen molar-refractivity contribution in [2.24, 2.45) is 23.2 Å². The van der Waals surface area contributed by atoms with Crippen LogP contribution in [0.4, 0.5) is 0 Å². The lowest BCUT2D eigenvalue weighted by Crippen LogP contribution is -2.57. The second-order valence-corrected chi connectivity index (χ2v) is 21.0. The maximum atomic E-state index is 15.2. The first-order valence-electron chi connectivity index (χ1n) is 22.0. The van der Waals surface area contributed by atoms with Crippen LogP contribution in [0.15, 0.2) is 67.3 Å². The van der Waals surface area contributed by atoms with Crippen LogP contribution in [0.5, 0.6) is 11.5 Å². The van der Waals surface area contributed by atoms with Crippen molar-refractivity contribution in [3.63, 3.8) is 0 Å². The van der Waals surface area contributed by atoms with Gasteiger partial charge in [-0.2, -0.15) is 0 Å². The van der Waals surface area contributed by atoms with Crippen molar-refractivity contribution in [2.45, 2.75) is 120 Å². The number of nitrogens with zero attached hydrogens (tertiary/aromatic N) is 3. The number of sulfonamides is 1. The molecular formula is C47H57N5O10S. The zero-order valence-electron chi connectivity index (χ0n) is 36.2. The van der Waals surface area contributed by atoms with E-state index in [4.69, 9.17) is 14.5 Å². The van der Waals surface area contributed by atoms with Gasteiger partial charge in [-0.3, -0.25) is 23.9 Å². The standard InChI is InChI=1S/C47H57N5O10S/c1-6-29-25-47(29,45(58)50-63(59,60)32-17-18-32)49-42(54)38-22-31(62-40-24-35(27-12-8-7-9-13-27)48-36-21-30(61-5)16-19-33(36)40)26-51(38)43(55)34(46(2,3)4)23-41(53)52-37-15-11-10-14-28(37)20-39(52)44(56)57/h6-9,12-13,16,19,21,24,28-29,31-32,34,37-39H,1,10-11,14-15,17-18,20,22-23,25-26H2,2-5H3,(H,49,54)(H,50,58)(H,56,57)/t28?,29-,31-,34-,37?,38+,39?,47-/m1/s1. The van der Waals surface area contributed by atoms with Gasteiger partial charge in [-0.05, 0) is 62.0 Å². The summed E-state index contributed by atoms with van der Waals surface area (Å²) >= 11 is 0. The number of ether oxygens (including phenoxy) is 2. The number of nitrogens with one attached hydrogen (secondary N) is 2. The normalized spacial score (nSPS) is 27.2. The number of carbonyl (C=O) groups excluding carboxylic acids is 4. The lowest BCUT2D eigenvalue weighted by Gasteiger charge is -2.38. The molecule has 2 aliphatic heterocycles. The molecule has 8 rings (SSSR count). The number of carboxylic acid groups (broad SMARTS) is 1. The van der Waals surface area contributed by atoms with Crippen LogP contribution in [0.25, 0.3) is 22.2 Å². The molecule has 5 aliphatic rings. The Balaban J connectivity index is 1.12. The fraction of sp³-hybridized carbons (Fsp3) is 0.532. The van der Waals surface area contributed by atoms with Crippen molar-refractivity contribution < 1.29 is 47.0 Å². The Bertz CT molecular complexity index is 2430. The second-order valence-electron chi connectivity index (χ2n) is 19.0. The molecule has 3 aromatic rings. The third-order valence-corrected chi connectivity index (χ3v) is 15.6. The highest BCUT2D eigenvalue weighted by molar-refractivity contribution is 7.91. The van der Waals surface area contributed by atoms with E-state index in [2.05, 4.69) is 16.6 Å². The number of amides is 4. The summed E-state index contributed by atoms with van der Waals surface area (Å²) in [6, 6.07) is 14.4. The number of carbonyl (C=O) groups is 5. The van der Waals surface area contributed by atoms with E-state index in [9.17, 15) is 32.7 Å². The first-order chi connectivity index (χ1) is 29.9. The van der Waals surface area contributed by atoms with E-state index in [1.807, 2.05) is 63.2 Å². The van der Waals surface area contributed by atoms with Gasteiger partial charge in [-0.25, -0.2) is 18.2 Å². The van der Waals surface area contributed by atoms with Crippen molar-refractivity contribution in [2.75, 3.05) is 13.7 Å². The molecule has 3 heterocycles. The summed E-state index contributed by atoms with van der Waals surface area (Å²) in [6.45, 7) is 9.27. The smallest absolute Gasteiger partial charge is 0.326 e. The Morgan fingerprint density at radius 1 is 1.00 bits per heavy atom. The number of likely N-dealkylation sites (tertiary alicyclic amines) is 2.